The summed E-state index contributed by atoms with van der Waals surface area (Å²) in [4.78, 5) is 22.6. The fourth-order valence-electron chi connectivity index (χ4n) is 2.77. The van der Waals surface area contributed by atoms with Gasteiger partial charge in [-0.2, -0.15) is 0 Å². The van der Waals surface area contributed by atoms with Crippen LogP contribution in [0.3, 0.4) is 0 Å². The van der Waals surface area contributed by atoms with E-state index in [4.69, 9.17) is 9.47 Å². The predicted molar refractivity (Wildman–Crippen MR) is 73.0 cm³/mol. The van der Waals surface area contributed by atoms with Crippen molar-refractivity contribution in [1.82, 2.24) is 10.6 Å². The molecule has 20 heavy (non-hydrogen) atoms. The molecule has 2 rings (SSSR count). The molecular weight excluding hydrogens is 260 g/mol. The van der Waals surface area contributed by atoms with E-state index in [1.54, 1.807) is 0 Å². The Kier molecular flexibility index (Phi) is 5.37. The fourth-order valence-corrected chi connectivity index (χ4v) is 2.77. The van der Waals surface area contributed by atoms with Crippen molar-refractivity contribution in [2.45, 2.75) is 56.8 Å². The van der Waals surface area contributed by atoms with Gasteiger partial charge in [0, 0.05) is 26.4 Å². The van der Waals surface area contributed by atoms with Crippen LogP contribution in [0.2, 0.25) is 0 Å². The molecule has 0 unspecified atom stereocenters. The van der Waals surface area contributed by atoms with Crippen molar-refractivity contribution < 1.29 is 19.1 Å². The number of hydrogen-bond donors (Lipinski definition) is 2. The van der Waals surface area contributed by atoms with Gasteiger partial charge in [0.1, 0.15) is 12.5 Å². The van der Waals surface area contributed by atoms with Gasteiger partial charge in [0.25, 0.3) is 0 Å². The van der Waals surface area contributed by atoms with E-state index in [-0.39, 0.29) is 24.3 Å². The minimum absolute atomic E-state index is 0.110. The van der Waals surface area contributed by atoms with Crippen molar-refractivity contribution >= 4 is 11.8 Å². The molecule has 114 valence electrons. The lowest BCUT2D eigenvalue weighted by Crippen LogP contribution is -2.37. The number of carbonyl (C=O) groups is 2. The molecule has 0 aromatic carbocycles. The van der Waals surface area contributed by atoms with Gasteiger partial charge in [0.2, 0.25) is 11.8 Å². The monoisotopic (exact) mass is 284 g/mol. The molecule has 0 radical (unpaired) electrons. The maximum Gasteiger partial charge on any atom is 0.229 e. The van der Waals surface area contributed by atoms with E-state index in [9.17, 15) is 9.59 Å². The number of nitrogens with one attached hydrogen (secondary N) is 2. The summed E-state index contributed by atoms with van der Waals surface area (Å²) in [5, 5.41) is 5.14. The van der Waals surface area contributed by atoms with Gasteiger partial charge in [-0.3, -0.25) is 9.59 Å². The van der Waals surface area contributed by atoms with Crippen LogP contribution in [0.15, 0.2) is 0 Å². The van der Waals surface area contributed by atoms with Crippen molar-refractivity contribution in [3.8, 4) is 0 Å². The van der Waals surface area contributed by atoms with E-state index in [2.05, 4.69) is 10.6 Å². The Bertz CT molecular complexity index is 351. The zero-order chi connectivity index (χ0) is 14.4. The molecule has 1 aliphatic heterocycles. The number of rotatable bonds is 4. The largest absolute Gasteiger partial charge is 0.359 e. The van der Waals surface area contributed by atoms with Crippen molar-refractivity contribution in [3.63, 3.8) is 0 Å². The molecule has 0 aromatic heterocycles. The number of amides is 2. The number of carbonyl (C=O) groups excluding carboxylic acids is 2. The first kappa shape index (κ1) is 15.3. The molecule has 2 N–H and O–H groups in total. The normalized spacial score (nSPS) is 25.1. The molecular formula is C14H24N2O4. The zero-order valence-electron chi connectivity index (χ0n) is 12.1. The Morgan fingerprint density at radius 1 is 1.15 bits per heavy atom. The Hall–Kier alpha value is -1.14. The van der Waals surface area contributed by atoms with Crippen LogP contribution in [0, 0.1) is 0 Å². The maximum atomic E-state index is 11.5. The first-order valence-electron chi connectivity index (χ1n) is 7.43. The minimum Gasteiger partial charge on any atom is -0.359 e. The van der Waals surface area contributed by atoms with Crippen LogP contribution in [-0.2, 0) is 19.1 Å². The molecule has 1 spiro atoms. The smallest absolute Gasteiger partial charge is 0.229 e. The van der Waals surface area contributed by atoms with Crippen LogP contribution in [0.25, 0.3) is 0 Å². The molecule has 1 atom stereocenters. The summed E-state index contributed by atoms with van der Waals surface area (Å²) in [7, 11) is 1.51. The van der Waals surface area contributed by atoms with E-state index in [0.29, 0.717) is 13.2 Å². The quantitative estimate of drug-likeness (QED) is 0.745. The highest BCUT2D eigenvalue weighted by atomic mass is 16.7. The summed E-state index contributed by atoms with van der Waals surface area (Å²) < 4.78 is 11.9. The van der Waals surface area contributed by atoms with Gasteiger partial charge in [-0.1, -0.05) is 12.8 Å². The second-order valence-electron chi connectivity index (χ2n) is 5.53. The highest BCUT2D eigenvalue weighted by molar-refractivity contribution is 5.96. The lowest BCUT2D eigenvalue weighted by atomic mass is 10.1. The first-order chi connectivity index (χ1) is 9.63. The summed E-state index contributed by atoms with van der Waals surface area (Å²) in [6.07, 6.45) is 6.37. The molecule has 0 bridgehead atoms. The average Bonchev–Trinajstić information content (AvgIpc) is 2.69. The van der Waals surface area contributed by atoms with E-state index in [0.717, 1.165) is 25.7 Å². The third-order valence-electron chi connectivity index (χ3n) is 3.91. The first-order valence-corrected chi connectivity index (χ1v) is 7.43. The zero-order valence-corrected chi connectivity index (χ0v) is 12.1. The number of hydrogen-bond acceptors (Lipinski definition) is 4. The Labute approximate surface area is 119 Å². The van der Waals surface area contributed by atoms with Gasteiger partial charge in [-0.05, 0) is 12.8 Å². The number of ether oxygens (including phenoxy) is 2. The summed E-state index contributed by atoms with van der Waals surface area (Å²) in [6.45, 7) is 0.915. The SMILES string of the molecule is CNC(=O)CC(=O)NC[C@@H]1COC2(CCCCCC2)O1. The fraction of sp³-hybridized carbons (Fsp3) is 0.857. The lowest BCUT2D eigenvalue weighted by molar-refractivity contribution is -0.175. The van der Waals surface area contributed by atoms with E-state index in [1.807, 2.05) is 0 Å². The third-order valence-corrected chi connectivity index (χ3v) is 3.91. The van der Waals surface area contributed by atoms with Gasteiger partial charge >= 0.3 is 0 Å². The molecule has 2 fully saturated rings. The molecule has 6 heteroatoms. The Morgan fingerprint density at radius 2 is 1.85 bits per heavy atom. The molecule has 2 aliphatic rings. The van der Waals surface area contributed by atoms with Crippen LogP contribution < -0.4 is 10.6 Å². The summed E-state index contributed by atoms with van der Waals surface area (Å²) in [6, 6.07) is 0. The Balaban J connectivity index is 1.73. The summed E-state index contributed by atoms with van der Waals surface area (Å²) >= 11 is 0. The molecule has 0 aromatic rings. The molecule has 1 saturated carbocycles. The van der Waals surface area contributed by atoms with Crippen molar-refractivity contribution in [3.05, 3.63) is 0 Å². The van der Waals surface area contributed by atoms with E-state index < -0.39 is 5.79 Å². The highest BCUT2D eigenvalue weighted by Gasteiger charge is 2.41. The third kappa shape index (κ3) is 4.18. The summed E-state index contributed by atoms with van der Waals surface area (Å²) in [5.74, 6) is -0.992. The van der Waals surface area contributed by atoms with Gasteiger partial charge < -0.3 is 20.1 Å². The second kappa shape index (κ2) is 7.04. The van der Waals surface area contributed by atoms with Crippen LogP contribution in [0.5, 0.6) is 0 Å². The predicted octanol–water partition coefficient (Wildman–Crippen LogP) is 0.705. The van der Waals surface area contributed by atoms with Crippen molar-refractivity contribution in [2.75, 3.05) is 20.2 Å². The second-order valence-corrected chi connectivity index (χ2v) is 5.53. The van der Waals surface area contributed by atoms with Crippen LogP contribution >= 0.6 is 0 Å². The topological polar surface area (TPSA) is 76.7 Å². The van der Waals surface area contributed by atoms with Gasteiger partial charge in [0.05, 0.1) is 6.61 Å². The van der Waals surface area contributed by atoms with Crippen LogP contribution in [0.4, 0.5) is 0 Å². The van der Waals surface area contributed by atoms with Crippen molar-refractivity contribution in [2.24, 2.45) is 0 Å². The van der Waals surface area contributed by atoms with E-state index in [1.165, 1.54) is 19.9 Å². The summed E-state index contributed by atoms with van der Waals surface area (Å²) in [5.41, 5.74) is 0. The minimum atomic E-state index is -0.424. The highest BCUT2D eigenvalue weighted by Crippen LogP contribution is 2.36. The molecule has 1 saturated heterocycles. The lowest BCUT2D eigenvalue weighted by Gasteiger charge is -2.26. The molecule has 2 amide bonds. The molecule has 6 nitrogen and oxygen atoms in total. The van der Waals surface area contributed by atoms with Crippen molar-refractivity contribution in [1.29, 1.82) is 0 Å². The van der Waals surface area contributed by atoms with Crippen LogP contribution in [0.1, 0.15) is 44.9 Å². The standard InChI is InChI=1S/C14H24N2O4/c1-15-12(17)8-13(18)16-9-11-10-19-14(20-11)6-4-2-3-5-7-14/h11H,2-10H2,1H3,(H,15,17)(H,16,18)/t11-/m1/s1. The van der Waals surface area contributed by atoms with Crippen LogP contribution in [-0.4, -0.2) is 43.9 Å². The van der Waals surface area contributed by atoms with Gasteiger partial charge in [-0.25, -0.2) is 0 Å². The molecule has 1 heterocycles. The van der Waals surface area contributed by atoms with Gasteiger partial charge in [-0.15, -0.1) is 0 Å². The van der Waals surface area contributed by atoms with Gasteiger partial charge in [0.15, 0.2) is 5.79 Å². The van der Waals surface area contributed by atoms with E-state index >= 15 is 0 Å². The Morgan fingerprint density at radius 3 is 2.50 bits per heavy atom. The average molecular weight is 284 g/mol. The maximum absolute atomic E-state index is 11.5. The molecule has 1 aliphatic carbocycles.